The average molecular weight is 1300 g/mol. The monoisotopic (exact) mass is 1300 g/mol. The molecule has 88 heavy (non-hydrogen) atoms. The van der Waals surface area contributed by atoms with E-state index in [-0.39, 0.29) is 25.7 Å². The smallest absolute Gasteiger partial charge is 0.462 e. The van der Waals surface area contributed by atoms with Gasteiger partial charge in [0.25, 0.3) is 0 Å². The quantitative estimate of drug-likeness (QED) is 0.0222. The molecule has 0 aliphatic rings. The Morgan fingerprint density at radius 3 is 0.807 bits per heavy atom. The molecule has 19 heteroatoms. The van der Waals surface area contributed by atoms with Gasteiger partial charge < -0.3 is 33.8 Å². The van der Waals surface area contributed by atoms with Crippen LogP contribution in [-0.4, -0.2) is 96.7 Å². The Hall–Kier alpha value is -1.94. The van der Waals surface area contributed by atoms with Crippen LogP contribution in [-0.2, 0) is 65.4 Å². The fourth-order valence-electron chi connectivity index (χ4n) is 10.4. The van der Waals surface area contributed by atoms with Crippen LogP contribution < -0.4 is 0 Å². The Bertz CT molecular complexity index is 1710. The molecule has 0 rings (SSSR count). The van der Waals surface area contributed by atoms with E-state index in [1.54, 1.807) is 0 Å². The molecule has 0 aromatic heterocycles. The van der Waals surface area contributed by atoms with Crippen molar-refractivity contribution < 1.29 is 80.2 Å². The number of phosphoric ester groups is 2. The number of aliphatic hydroxyl groups is 1. The van der Waals surface area contributed by atoms with Gasteiger partial charge in [0, 0.05) is 25.7 Å². The number of phosphoric acid groups is 2. The second kappa shape index (κ2) is 62.5. The molecular formula is C69H134O17P2. The summed E-state index contributed by atoms with van der Waals surface area (Å²) < 4.78 is 67.9. The summed E-state index contributed by atoms with van der Waals surface area (Å²) >= 11 is 0. The topological polar surface area (TPSA) is 237 Å². The summed E-state index contributed by atoms with van der Waals surface area (Å²) in [5, 5.41) is 10.5. The summed E-state index contributed by atoms with van der Waals surface area (Å²) in [7, 11) is -9.88. The van der Waals surface area contributed by atoms with Crippen LogP contribution >= 0.6 is 15.6 Å². The van der Waals surface area contributed by atoms with Crippen molar-refractivity contribution in [1.82, 2.24) is 0 Å². The Morgan fingerprint density at radius 1 is 0.318 bits per heavy atom. The molecule has 522 valence electrons. The van der Waals surface area contributed by atoms with Gasteiger partial charge in [0.2, 0.25) is 0 Å². The van der Waals surface area contributed by atoms with E-state index in [4.69, 9.17) is 37.0 Å². The molecule has 3 N–H and O–H groups in total. The van der Waals surface area contributed by atoms with Gasteiger partial charge in [-0.1, -0.05) is 304 Å². The SMILES string of the molecule is CCCCCCCCCCCCCCCCCCCCCCCCC(=O)O[C@H](COC(=O)CCCCCCCCCCC(C)CC)COP(=O)(O)OC[C@@H](O)COP(=O)(O)OC[C@@H](COC(=O)CCCCCCC)OC(=O)CCCCCCCCCCC. The van der Waals surface area contributed by atoms with Gasteiger partial charge in [0.1, 0.15) is 19.3 Å². The van der Waals surface area contributed by atoms with Crippen LogP contribution in [0.5, 0.6) is 0 Å². The van der Waals surface area contributed by atoms with E-state index in [1.807, 2.05) is 0 Å². The molecule has 0 radical (unpaired) electrons. The van der Waals surface area contributed by atoms with E-state index in [0.29, 0.717) is 25.7 Å². The number of hydrogen-bond donors (Lipinski definition) is 3. The first kappa shape index (κ1) is 86.1. The van der Waals surface area contributed by atoms with Gasteiger partial charge in [0.05, 0.1) is 26.4 Å². The third-order valence-electron chi connectivity index (χ3n) is 16.4. The van der Waals surface area contributed by atoms with Gasteiger partial charge in [-0.05, 0) is 31.6 Å². The molecule has 0 saturated heterocycles. The standard InChI is InChI=1S/C69H134O17P2/c1-6-10-13-16-18-20-21-22-23-24-25-26-27-28-29-30-31-32-34-40-45-50-55-69(74)86-65(59-80-67(72)53-48-43-38-36-35-37-42-46-51-62(5)9-4)61-84-88(77,78)82-57-63(70)56-81-87(75,76)83-60-64(58-79-66(71)52-47-41-15-12-8-3)85-68(73)54-49-44-39-33-19-17-14-11-7-2/h62-65,70H,6-61H2,1-5H3,(H,75,76)(H,77,78)/t62?,63-,64+,65+/m0/s1. The lowest BCUT2D eigenvalue weighted by Crippen LogP contribution is -2.30. The van der Waals surface area contributed by atoms with Crippen molar-refractivity contribution in [2.75, 3.05) is 39.6 Å². The molecule has 3 unspecified atom stereocenters. The van der Waals surface area contributed by atoms with E-state index < -0.39 is 97.5 Å². The first-order chi connectivity index (χ1) is 42.6. The Kier molecular flexibility index (Phi) is 61.1. The number of esters is 4. The van der Waals surface area contributed by atoms with Crippen LogP contribution in [0.4, 0.5) is 0 Å². The number of aliphatic hydroxyl groups excluding tert-OH is 1. The highest BCUT2D eigenvalue weighted by Gasteiger charge is 2.30. The molecule has 0 bridgehead atoms. The van der Waals surface area contributed by atoms with Gasteiger partial charge in [-0.15, -0.1) is 0 Å². The van der Waals surface area contributed by atoms with Crippen molar-refractivity contribution in [1.29, 1.82) is 0 Å². The van der Waals surface area contributed by atoms with Gasteiger partial charge >= 0.3 is 39.5 Å². The number of carbonyl (C=O) groups excluding carboxylic acids is 4. The minimum Gasteiger partial charge on any atom is -0.462 e. The molecule has 0 aliphatic carbocycles. The number of rotatable bonds is 69. The number of carbonyl (C=O) groups is 4. The van der Waals surface area contributed by atoms with Crippen LogP contribution in [0.3, 0.4) is 0 Å². The lowest BCUT2D eigenvalue weighted by molar-refractivity contribution is -0.161. The summed E-state index contributed by atoms with van der Waals surface area (Å²) in [5.41, 5.74) is 0. The average Bonchev–Trinajstić information content (AvgIpc) is 3.64. The second-order valence-corrected chi connectivity index (χ2v) is 28.1. The molecule has 0 aromatic carbocycles. The van der Waals surface area contributed by atoms with Crippen LogP contribution in [0.25, 0.3) is 0 Å². The zero-order valence-electron chi connectivity index (χ0n) is 56.9. The number of hydrogen-bond acceptors (Lipinski definition) is 15. The normalized spacial score (nSPS) is 14.4. The van der Waals surface area contributed by atoms with Crippen LogP contribution in [0.1, 0.15) is 356 Å². The highest BCUT2D eigenvalue weighted by atomic mass is 31.2. The van der Waals surface area contributed by atoms with Crippen molar-refractivity contribution in [3.63, 3.8) is 0 Å². The first-order valence-corrected chi connectivity index (χ1v) is 39.2. The Labute approximate surface area is 537 Å². The summed E-state index contributed by atoms with van der Waals surface area (Å²) in [6, 6.07) is 0. The third kappa shape index (κ3) is 61.6. The highest BCUT2D eigenvalue weighted by Crippen LogP contribution is 2.45. The van der Waals surface area contributed by atoms with Crippen molar-refractivity contribution in [3.8, 4) is 0 Å². The molecule has 0 saturated carbocycles. The lowest BCUT2D eigenvalue weighted by atomic mass is 9.99. The van der Waals surface area contributed by atoms with E-state index in [1.165, 1.54) is 173 Å². The highest BCUT2D eigenvalue weighted by molar-refractivity contribution is 7.47. The van der Waals surface area contributed by atoms with E-state index >= 15 is 0 Å². The number of ether oxygens (including phenoxy) is 4. The minimum atomic E-state index is -4.95. The maximum Gasteiger partial charge on any atom is 0.472 e. The second-order valence-electron chi connectivity index (χ2n) is 25.2. The first-order valence-electron chi connectivity index (χ1n) is 36.2. The van der Waals surface area contributed by atoms with Gasteiger partial charge in [-0.2, -0.15) is 0 Å². The fraction of sp³-hybridized carbons (Fsp3) is 0.942. The van der Waals surface area contributed by atoms with Gasteiger partial charge in [-0.25, -0.2) is 9.13 Å². The molecule has 0 fully saturated rings. The lowest BCUT2D eigenvalue weighted by Gasteiger charge is -2.21. The summed E-state index contributed by atoms with van der Waals surface area (Å²) in [4.78, 5) is 72.1. The van der Waals surface area contributed by atoms with Crippen molar-refractivity contribution in [2.24, 2.45) is 5.92 Å². The van der Waals surface area contributed by atoms with Crippen LogP contribution in [0, 0.1) is 5.92 Å². The predicted octanol–water partition coefficient (Wildman–Crippen LogP) is 19.7. The zero-order chi connectivity index (χ0) is 64.9. The van der Waals surface area contributed by atoms with Crippen molar-refractivity contribution in [2.45, 2.75) is 374 Å². The van der Waals surface area contributed by atoms with Crippen LogP contribution in [0.15, 0.2) is 0 Å². The molecule has 0 aliphatic heterocycles. The molecule has 0 aromatic rings. The van der Waals surface area contributed by atoms with E-state index in [9.17, 15) is 43.2 Å². The number of unbranched alkanes of at least 4 members (excludes halogenated alkanes) is 40. The molecule has 0 heterocycles. The third-order valence-corrected chi connectivity index (χ3v) is 18.3. The van der Waals surface area contributed by atoms with Gasteiger partial charge in [0.15, 0.2) is 12.2 Å². The minimum absolute atomic E-state index is 0.105. The fourth-order valence-corrected chi connectivity index (χ4v) is 12.0. The zero-order valence-corrected chi connectivity index (χ0v) is 58.6. The maximum absolute atomic E-state index is 13.0. The van der Waals surface area contributed by atoms with Crippen LogP contribution in [0.2, 0.25) is 0 Å². The largest absolute Gasteiger partial charge is 0.472 e. The molecule has 0 spiro atoms. The maximum atomic E-state index is 13.0. The Balaban J connectivity index is 5.07. The molecule has 6 atom stereocenters. The van der Waals surface area contributed by atoms with Gasteiger partial charge in [-0.3, -0.25) is 37.3 Å². The Morgan fingerprint density at radius 2 is 0.545 bits per heavy atom. The summed E-state index contributed by atoms with van der Waals surface area (Å²) in [6.45, 7) is 7.12. The van der Waals surface area contributed by atoms with Crippen molar-refractivity contribution in [3.05, 3.63) is 0 Å². The van der Waals surface area contributed by atoms with E-state index in [0.717, 1.165) is 102 Å². The summed E-state index contributed by atoms with van der Waals surface area (Å²) in [6.07, 6.45) is 49.2. The molecule has 0 amide bonds. The van der Waals surface area contributed by atoms with E-state index in [2.05, 4.69) is 34.6 Å². The summed E-state index contributed by atoms with van der Waals surface area (Å²) in [5.74, 6) is -1.36. The molecular weight excluding hydrogens is 1160 g/mol. The van der Waals surface area contributed by atoms with Crippen molar-refractivity contribution >= 4 is 39.5 Å². The predicted molar refractivity (Wildman–Crippen MR) is 354 cm³/mol. The molecule has 17 nitrogen and oxygen atoms in total.